The van der Waals surface area contributed by atoms with Gasteiger partial charge in [0.05, 0.1) is 10.6 Å². The van der Waals surface area contributed by atoms with Gasteiger partial charge in [-0.25, -0.2) is 13.4 Å². The Balaban J connectivity index is 1.55. The highest BCUT2D eigenvalue weighted by molar-refractivity contribution is 7.93. The van der Waals surface area contributed by atoms with Crippen molar-refractivity contribution in [1.29, 1.82) is 0 Å². The highest BCUT2D eigenvalue weighted by Gasteiger charge is 2.16. The number of aryl methyl sites for hydroxylation is 2. The maximum Gasteiger partial charge on any atom is 0.263 e. The Morgan fingerprint density at radius 2 is 1.71 bits per heavy atom. The third-order valence-electron chi connectivity index (χ3n) is 4.18. The molecule has 0 aliphatic carbocycles. The number of rotatable bonds is 8. The molecule has 0 saturated carbocycles. The molecule has 0 aliphatic heterocycles. The summed E-state index contributed by atoms with van der Waals surface area (Å²) >= 11 is 1.16. The molecule has 0 aliphatic rings. The van der Waals surface area contributed by atoms with E-state index >= 15 is 0 Å². The maximum absolute atomic E-state index is 12.5. The van der Waals surface area contributed by atoms with Gasteiger partial charge in [-0.2, -0.15) is 0 Å². The summed E-state index contributed by atoms with van der Waals surface area (Å²) in [6, 6.07) is 13.4. The fourth-order valence-electron chi connectivity index (χ4n) is 2.70. The van der Waals surface area contributed by atoms with Gasteiger partial charge < -0.3 is 10.6 Å². The van der Waals surface area contributed by atoms with E-state index in [0.29, 0.717) is 23.5 Å². The fourth-order valence-corrected chi connectivity index (χ4v) is 4.70. The van der Waals surface area contributed by atoms with Gasteiger partial charge >= 0.3 is 0 Å². The molecule has 0 radical (unpaired) electrons. The lowest BCUT2D eigenvalue weighted by atomic mass is 10.2. The van der Waals surface area contributed by atoms with Gasteiger partial charge in [-0.15, -0.1) is 11.3 Å². The second-order valence-electron chi connectivity index (χ2n) is 6.87. The number of carbonyl (C=O) groups excluding carboxylic acids is 2. The first-order valence-electron chi connectivity index (χ1n) is 9.43. The molecule has 0 fully saturated rings. The van der Waals surface area contributed by atoms with Crippen LogP contribution >= 0.6 is 11.3 Å². The molecular weight excluding hydrogens is 436 g/mol. The molecule has 0 unspecified atom stereocenters. The first-order valence-corrected chi connectivity index (χ1v) is 11.8. The van der Waals surface area contributed by atoms with Crippen molar-refractivity contribution < 1.29 is 18.0 Å². The fraction of sp³-hybridized carbons (Fsp3) is 0.190. The number of anilines is 3. The maximum atomic E-state index is 12.5. The Bertz CT molecular complexity index is 1190. The average molecular weight is 459 g/mol. The minimum absolute atomic E-state index is 0.163. The number of nitrogens with one attached hydrogen (secondary N) is 3. The summed E-state index contributed by atoms with van der Waals surface area (Å²) in [5.74, 6) is -0.407. The quantitative estimate of drug-likeness (QED) is 0.475. The van der Waals surface area contributed by atoms with Crippen molar-refractivity contribution in [3.63, 3.8) is 0 Å². The van der Waals surface area contributed by atoms with Crippen LogP contribution in [0.2, 0.25) is 0 Å². The van der Waals surface area contributed by atoms with E-state index in [1.807, 2.05) is 6.92 Å². The van der Waals surface area contributed by atoms with Gasteiger partial charge in [0.25, 0.3) is 10.0 Å². The third kappa shape index (κ3) is 6.63. The van der Waals surface area contributed by atoms with Crippen LogP contribution in [0, 0.1) is 6.92 Å². The van der Waals surface area contributed by atoms with Crippen LogP contribution in [0.25, 0.3) is 0 Å². The second kappa shape index (κ2) is 9.71. The Kier molecular flexibility index (Phi) is 7.03. The van der Waals surface area contributed by atoms with Crippen LogP contribution in [0.15, 0.2) is 58.8 Å². The lowest BCUT2D eigenvalue weighted by Gasteiger charge is -2.07. The van der Waals surface area contributed by atoms with E-state index in [1.165, 1.54) is 19.1 Å². The lowest BCUT2D eigenvalue weighted by Crippen LogP contribution is -2.14. The highest BCUT2D eigenvalue weighted by atomic mass is 32.2. The van der Waals surface area contributed by atoms with Crippen LogP contribution in [0.3, 0.4) is 0 Å². The zero-order valence-corrected chi connectivity index (χ0v) is 18.6. The first-order chi connectivity index (χ1) is 14.7. The van der Waals surface area contributed by atoms with Crippen molar-refractivity contribution in [3.8, 4) is 0 Å². The monoisotopic (exact) mass is 458 g/mol. The summed E-state index contributed by atoms with van der Waals surface area (Å²) in [4.78, 5) is 27.8. The number of amides is 2. The van der Waals surface area contributed by atoms with Crippen molar-refractivity contribution in [1.82, 2.24) is 4.98 Å². The molecule has 3 aromatic rings. The summed E-state index contributed by atoms with van der Waals surface area (Å²) in [5.41, 5.74) is 2.75. The minimum atomic E-state index is -3.71. The normalized spacial score (nSPS) is 11.0. The van der Waals surface area contributed by atoms with Crippen molar-refractivity contribution in [3.05, 3.63) is 65.2 Å². The van der Waals surface area contributed by atoms with Gasteiger partial charge in [-0.05, 0) is 43.7 Å². The molecule has 0 saturated heterocycles. The van der Waals surface area contributed by atoms with E-state index in [2.05, 4.69) is 20.3 Å². The van der Waals surface area contributed by atoms with Crippen molar-refractivity contribution in [2.75, 3.05) is 15.4 Å². The Hall–Kier alpha value is -3.24. The number of aromatic nitrogens is 1. The zero-order valence-electron chi connectivity index (χ0n) is 17.0. The molecule has 0 atom stereocenters. The predicted molar refractivity (Wildman–Crippen MR) is 122 cm³/mol. The number of benzene rings is 2. The van der Waals surface area contributed by atoms with Crippen LogP contribution in [-0.2, 0) is 26.0 Å². The average Bonchev–Trinajstić information content (AvgIpc) is 3.13. The number of nitrogens with zero attached hydrogens (tertiary/aromatic N) is 1. The molecule has 2 amide bonds. The standard InChI is InChI=1S/C21H22N4O4S2/c1-14-6-9-19(10-7-14)31(28,29)25-21-24-18(13-30-21)8-11-20(27)23-17-5-3-4-16(12-17)22-15(2)26/h3-7,9-10,12-13H,8,11H2,1-2H3,(H,22,26)(H,23,27)(H,24,25). The summed E-state index contributed by atoms with van der Waals surface area (Å²) in [5, 5.41) is 7.40. The van der Waals surface area contributed by atoms with E-state index in [1.54, 1.807) is 41.8 Å². The molecule has 0 spiro atoms. The first kappa shape index (κ1) is 22.4. The lowest BCUT2D eigenvalue weighted by molar-refractivity contribution is -0.116. The number of thiazole rings is 1. The number of sulfonamides is 1. The molecule has 0 bridgehead atoms. The molecule has 1 aromatic heterocycles. The predicted octanol–water partition coefficient (Wildman–Crippen LogP) is 3.78. The topological polar surface area (TPSA) is 117 Å². The summed E-state index contributed by atoms with van der Waals surface area (Å²) in [6.07, 6.45) is 0.540. The third-order valence-corrected chi connectivity index (χ3v) is 6.47. The minimum Gasteiger partial charge on any atom is -0.326 e. The van der Waals surface area contributed by atoms with E-state index in [9.17, 15) is 18.0 Å². The van der Waals surface area contributed by atoms with Gasteiger partial charge in [-0.1, -0.05) is 23.8 Å². The molecule has 3 rings (SSSR count). The smallest absolute Gasteiger partial charge is 0.263 e. The molecule has 2 aromatic carbocycles. The molecule has 8 nitrogen and oxygen atoms in total. The zero-order chi connectivity index (χ0) is 22.4. The Morgan fingerprint density at radius 1 is 1.03 bits per heavy atom. The highest BCUT2D eigenvalue weighted by Crippen LogP contribution is 2.21. The van der Waals surface area contributed by atoms with Gasteiger partial charge in [0.1, 0.15) is 0 Å². The molecule has 3 N–H and O–H groups in total. The van der Waals surface area contributed by atoms with Crippen LogP contribution in [0.5, 0.6) is 0 Å². The van der Waals surface area contributed by atoms with E-state index in [0.717, 1.165) is 16.9 Å². The van der Waals surface area contributed by atoms with E-state index in [-0.39, 0.29) is 28.3 Å². The Morgan fingerprint density at radius 3 is 2.39 bits per heavy atom. The van der Waals surface area contributed by atoms with Gasteiger partial charge in [0, 0.05) is 30.1 Å². The second-order valence-corrected chi connectivity index (χ2v) is 9.41. The van der Waals surface area contributed by atoms with Crippen LogP contribution in [0.1, 0.15) is 24.6 Å². The molecule has 1 heterocycles. The molecule has 162 valence electrons. The van der Waals surface area contributed by atoms with E-state index < -0.39 is 10.0 Å². The van der Waals surface area contributed by atoms with Gasteiger partial charge in [0.2, 0.25) is 11.8 Å². The molecule has 10 heteroatoms. The van der Waals surface area contributed by atoms with Crippen LogP contribution in [0.4, 0.5) is 16.5 Å². The van der Waals surface area contributed by atoms with Crippen molar-refractivity contribution in [2.24, 2.45) is 0 Å². The van der Waals surface area contributed by atoms with Crippen LogP contribution < -0.4 is 15.4 Å². The SMILES string of the molecule is CC(=O)Nc1cccc(NC(=O)CCc2csc(NS(=O)(=O)c3ccc(C)cc3)n2)c1. The van der Waals surface area contributed by atoms with Crippen LogP contribution in [-0.4, -0.2) is 25.2 Å². The number of carbonyl (C=O) groups is 2. The number of hydrogen-bond acceptors (Lipinski definition) is 6. The summed E-state index contributed by atoms with van der Waals surface area (Å²) in [6.45, 7) is 3.29. The molecule has 31 heavy (non-hydrogen) atoms. The van der Waals surface area contributed by atoms with Gasteiger partial charge in [-0.3, -0.25) is 14.3 Å². The van der Waals surface area contributed by atoms with Crippen molar-refractivity contribution >= 4 is 49.7 Å². The van der Waals surface area contributed by atoms with Gasteiger partial charge in [0.15, 0.2) is 5.13 Å². The largest absolute Gasteiger partial charge is 0.326 e. The van der Waals surface area contributed by atoms with Crippen molar-refractivity contribution in [2.45, 2.75) is 31.6 Å². The molecular formula is C21H22N4O4S2. The summed E-state index contributed by atoms with van der Waals surface area (Å²) in [7, 11) is -3.71. The van der Waals surface area contributed by atoms with E-state index in [4.69, 9.17) is 0 Å². The summed E-state index contributed by atoms with van der Waals surface area (Å²) < 4.78 is 27.4. The number of hydrogen-bond donors (Lipinski definition) is 3. The Labute approximate surface area is 184 Å².